The predicted octanol–water partition coefficient (Wildman–Crippen LogP) is 2.68. The third-order valence-electron chi connectivity index (χ3n) is 3.48. The summed E-state index contributed by atoms with van der Waals surface area (Å²) in [7, 11) is 1.97. The SMILES string of the molecule is CN(CC1CCCNC1)c1ccc([N+](=O)[O-])cc1Cl. The second-order valence-corrected chi connectivity index (χ2v) is 5.39. The first kappa shape index (κ1) is 14.1. The molecule has 104 valence electrons. The lowest BCUT2D eigenvalue weighted by molar-refractivity contribution is -0.384. The van der Waals surface area contributed by atoms with Crippen LogP contribution >= 0.6 is 11.6 Å². The van der Waals surface area contributed by atoms with Gasteiger partial charge in [0, 0.05) is 25.7 Å². The number of nitro groups is 1. The number of piperidine rings is 1. The molecule has 1 aromatic rings. The molecular formula is C13H18ClN3O2. The van der Waals surface area contributed by atoms with E-state index >= 15 is 0 Å². The second kappa shape index (κ2) is 6.21. The van der Waals surface area contributed by atoms with Crippen LogP contribution in [0.25, 0.3) is 0 Å². The molecule has 1 saturated heterocycles. The van der Waals surface area contributed by atoms with Crippen molar-refractivity contribution in [3.8, 4) is 0 Å². The van der Waals surface area contributed by atoms with Gasteiger partial charge in [-0.1, -0.05) is 11.6 Å². The average Bonchev–Trinajstić information content (AvgIpc) is 2.39. The van der Waals surface area contributed by atoms with Crippen LogP contribution in [0.4, 0.5) is 11.4 Å². The first-order chi connectivity index (χ1) is 9.08. The van der Waals surface area contributed by atoms with E-state index in [2.05, 4.69) is 10.2 Å². The van der Waals surface area contributed by atoms with Gasteiger partial charge in [-0.25, -0.2) is 0 Å². The molecule has 0 saturated carbocycles. The summed E-state index contributed by atoms with van der Waals surface area (Å²) in [5.74, 6) is 0.602. The fourth-order valence-electron chi connectivity index (χ4n) is 2.48. The highest BCUT2D eigenvalue weighted by atomic mass is 35.5. The molecule has 0 radical (unpaired) electrons. The Morgan fingerprint density at radius 2 is 2.37 bits per heavy atom. The Balaban J connectivity index is 2.05. The lowest BCUT2D eigenvalue weighted by atomic mass is 9.99. The number of anilines is 1. The summed E-state index contributed by atoms with van der Waals surface area (Å²) in [5.41, 5.74) is 0.874. The van der Waals surface area contributed by atoms with Crippen LogP contribution in [0.3, 0.4) is 0 Å². The van der Waals surface area contributed by atoms with Gasteiger partial charge in [-0.3, -0.25) is 10.1 Å². The highest BCUT2D eigenvalue weighted by molar-refractivity contribution is 6.33. The Hall–Kier alpha value is -1.33. The minimum Gasteiger partial charge on any atom is -0.373 e. The number of non-ortho nitro benzene ring substituents is 1. The minimum absolute atomic E-state index is 0.0292. The number of hydrogen-bond acceptors (Lipinski definition) is 4. The molecule has 2 rings (SSSR count). The fraction of sp³-hybridized carbons (Fsp3) is 0.538. The Labute approximate surface area is 117 Å². The molecule has 19 heavy (non-hydrogen) atoms. The first-order valence-electron chi connectivity index (χ1n) is 6.43. The van der Waals surface area contributed by atoms with Crippen molar-refractivity contribution in [1.29, 1.82) is 0 Å². The molecule has 0 aliphatic carbocycles. The zero-order valence-electron chi connectivity index (χ0n) is 10.9. The Morgan fingerprint density at radius 1 is 1.58 bits per heavy atom. The molecule has 6 heteroatoms. The van der Waals surface area contributed by atoms with E-state index in [1.807, 2.05) is 7.05 Å². The number of rotatable bonds is 4. The average molecular weight is 284 g/mol. The van der Waals surface area contributed by atoms with Gasteiger partial charge in [0.1, 0.15) is 0 Å². The molecule has 5 nitrogen and oxygen atoms in total. The van der Waals surface area contributed by atoms with E-state index in [0.29, 0.717) is 10.9 Å². The van der Waals surface area contributed by atoms with Crippen molar-refractivity contribution >= 4 is 23.0 Å². The summed E-state index contributed by atoms with van der Waals surface area (Å²) >= 11 is 6.12. The minimum atomic E-state index is -0.430. The van der Waals surface area contributed by atoms with E-state index in [-0.39, 0.29) is 5.69 Å². The third-order valence-corrected chi connectivity index (χ3v) is 3.79. The van der Waals surface area contributed by atoms with Crippen molar-refractivity contribution < 1.29 is 4.92 Å². The zero-order chi connectivity index (χ0) is 13.8. The lowest BCUT2D eigenvalue weighted by Crippen LogP contribution is -2.36. The van der Waals surface area contributed by atoms with Gasteiger partial charge < -0.3 is 10.2 Å². The van der Waals surface area contributed by atoms with Crippen molar-refractivity contribution in [2.45, 2.75) is 12.8 Å². The van der Waals surface area contributed by atoms with Crippen LogP contribution in [-0.4, -0.2) is 31.6 Å². The van der Waals surface area contributed by atoms with Gasteiger partial charge in [-0.15, -0.1) is 0 Å². The van der Waals surface area contributed by atoms with Crippen LogP contribution in [0, 0.1) is 16.0 Å². The molecule has 1 aromatic carbocycles. The molecule has 1 fully saturated rings. The Kier molecular flexibility index (Phi) is 4.61. The summed E-state index contributed by atoms with van der Waals surface area (Å²) in [6.07, 6.45) is 2.41. The standard InChI is InChI=1S/C13H18ClN3O2/c1-16(9-10-3-2-6-15-8-10)13-5-4-11(17(18)19)7-12(13)14/h4-5,7,10,15H,2-3,6,8-9H2,1H3. The van der Waals surface area contributed by atoms with Crippen molar-refractivity contribution in [1.82, 2.24) is 5.32 Å². The molecule has 0 bridgehead atoms. The fourth-order valence-corrected chi connectivity index (χ4v) is 2.80. The van der Waals surface area contributed by atoms with Crippen LogP contribution < -0.4 is 10.2 Å². The molecule has 1 atom stereocenters. The van der Waals surface area contributed by atoms with E-state index in [1.165, 1.54) is 25.0 Å². The quantitative estimate of drug-likeness (QED) is 0.682. The monoisotopic (exact) mass is 283 g/mol. The largest absolute Gasteiger partial charge is 0.373 e. The number of hydrogen-bond donors (Lipinski definition) is 1. The summed E-state index contributed by atoms with van der Waals surface area (Å²) in [4.78, 5) is 12.3. The summed E-state index contributed by atoms with van der Waals surface area (Å²) in [6, 6.07) is 4.63. The number of nitrogens with one attached hydrogen (secondary N) is 1. The van der Waals surface area contributed by atoms with Crippen LogP contribution in [0.5, 0.6) is 0 Å². The maximum atomic E-state index is 10.7. The summed E-state index contributed by atoms with van der Waals surface area (Å²) in [5, 5.41) is 14.5. The van der Waals surface area contributed by atoms with E-state index in [1.54, 1.807) is 6.07 Å². The van der Waals surface area contributed by atoms with Gasteiger partial charge in [0.2, 0.25) is 0 Å². The number of halogens is 1. The maximum absolute atomic E-state index is 10.7. The van der Waals surface area contributed by atoms with Gasteiger partial charge in [0.05, 0.1) is 15.6 Å². The Bertz CT molecular complexity index is 461. The lowest BCUT2D eigenvalue weighted by Gasteiger charge is -2.29. The van der Waals surface area contributed by atoms with Crippen LogP contribution in [0.2, 0.25) is 5.02 Å². The van der Waals surface area contributed by atoms with E-state index in [9.17, 15) is 10.1 Å². The van der Waals surface area contributed by atoms with Gasteiger partial charge >= 0.3 is 0 Å². The van der Waals surface area contributed by atoms with Gasteiger partial charge in [0.25, 0.3) is 5.69 Å². The summed E-state index contributed by atoms with van der Waals surface area (Å²) in [6.45, 7) is 3.03. The smallest absolute Gasteiger partial charge is 0.271 e. The van der Waals surface area contributed by atoms with E-state index < -0.39 is 4.92 Å². The van der Waals surface area contributed by atoms with Crippen LogP contribution in [-0.2, 0) is 0 Å². The van der Waals surface area contributed by atoms with Crippen LogP contribution in [0.15, 0.2) is 18.2 Å². The highest BCUT2D eigenvalue weighted by Gasteiger charge is 2.17. The molecule has 0 amide bonds. The van der Waals surface area contributed by atoms with Gasteiger partial charge in [-0.2, -0.15) is 0 Å². The molecule has 0 aromatic heterocycles. The van der Waals surface area contributed by atoms with Gasteiger partial charge in [-0.05, 0) is 37.9 Å². The molecular weight excluding hydrogens is 266 g/mol. The molecule has 1 unspecified atom stereocenters. The topological polar surface area (TPSA) is 58.4 Å². The summed E-state index contributed by atoms with van der Waals surface area (Å²) < 4.78 is 0. The molecule has 1 N–H and O–H groups in total. The molecule has 0 spiro atoms. The van der Waals surface area contributed by atoms with Crippen molar-refractivity contribution in [2.75, 3.05) is 31.6 Å². The molecule has 1 aliphatic heterocycles. The zero-order valence-corrected chi connectivity index (χ0v) is 11.7. The molecule has 1 aliphatic rings. The first-order valence-corrected chi connectivity index (χ1v) is 6.81. The van der Waals surface area contributed by atoms with Crippen LogP contribution in [0.1, 0.15) is 12.8 Å². The van der Waals surface area contributed by atoms with Crippen molar-refractivity contribution in [3.63, 3.8) is 0 Å². The number of nitro benzene ring substituents is 1. The highest BCUT2D eigenvalue weighted by Crippen LogP contribution is 2.29. The third kappa shape index (κ3) is 3.58. The Morgan fingerprint density at radius 3 is 2.95 bits per heavy atom. The maximum Gasteiger partial charge on any atom is 0.271 e. The normalized spacial score (nSPS) is 19.2. The molecule has 1 heterocycles. The number of nitrogens with zero attached hydrogens (tertiary/aromatic N) is 2. The predicted molar refractivity (Wildman–Crippen MR) is 77.0 cm³/mol. The van der Waals surface area contributed by atoms with E-state index in [4.69, 9.17) is 11.6 Å². The van der Waals surface area contributed by atoms with Crippen molar-refractivity contribution in [2.24, 2.45) is 5.92 Å². The van der Waals surface area contributed by atoms with Crippen molar-refractivity contribution in [3.05, 3.63) is 33.3 Å². The number of benzene rings is 1. The van der Waals surface area contributed by atoms with E-state index in [0.717, 1.165) is 25.3 Å². The second-order valence-electron chi connectivity index (χ2n) is 4.99. The van der Waals surface area contributed by atoms with Gasteiger partial charge in [0.15, 0.2) is 0 Å².